The van der Waals surface area contributed by atoms with Gasteiger partial charge in [0.25, 0.3) is 0 Å². The number of carbonyl (C=O) groups is 1. The zero-order chi connectivity index (χ0) is 17.4. The van der Waals surface area contributed by atoms with E-state index < -0.39 is 11.6 Å². The summed E-state index contributed by atoms with van der Waals surface area (Å²) >= 11 is 0. The van der Waals surface area contributed by atoms with Crippen molar-refractivity contribution in [2.45, 2.75) is 26.8 Å². The molecular weight excluding hydrogens is 312 g/mol. The number of hydrogen-bond donors (Lipinski definition) is 0. The van der Waals surface area contributed by atoms with Crippen LogP contribution in [0.4, 0.5) is 20.2 Å². The van der Waals surface area contributed by atoms with Crippen molar-refractivity contribution in [2.75, 3.05) is 42.5 Å². The zero-order valence-electron chi connectivity index (χ0n) is 14.4. The van der Waals surface area contributed by atoms with Crippen LogP contribution < -0.4 is 9.80 Å². The fourth-order valence-electron chi connectivity index (χ4n) is 3.67. The van der Waals surface area contributed by atoms with Crippen LogP contribution in [-0.2, 0) is 4.79 Å². The molecule has 3 rings (SSSR count). The van der Waals surface area contributed by atoms with Gasteiger partial charge in [-0.15, -0.1) is 0 Å². The van der Waals surface area contributed by atoms with Crippen LogP contribution in [0.15, 0.2) is 12.1 Å². The fraction of sp³-hybridized carbons (Fsp3) is 0.500. The molecule has 0 bridgehead atoms. The maximum atomic E-state index is 15.2. The Bertz CT molecular complexity index is 689. The zero-order valence-corrected chi connectivity index (χ0v) is 14.4. The second-order valence-corrected chi connectivity index (χ2v) is 6.41. The molecule has 0 aliphatic carbocycles. The molecule has 1 amide bonds. The molecule has 0 aromatic heterocycles. The number of likely N-dealkylation sites (N-methyl/N-ethyl adjacent to an activating group) is 1. The molecule has 130 valence electrons. The lowest BCUT2D eigenvalue weighted by atomic mass is 10.0. The van der Waals surface area contributed by atoms with Gasteiger partial charge in [-0.2, -0.15) is 0 Å². The molecule has 0 radical (unpaired) electrons. The van der Waals surface area contributed by atoms with Crippen LogP contribution in [0.3, 0.4) is 0 Å². The van der Waals surface area contributed by atoms with Crippen molar-refractivity contribution in [3.05, 3.63) is 29.3 Å². The standard InChI is InChI=1S/C18H23F2N3O/c1-4-21-7-5-6-14-10-15(19)18(16(20)17(14)21)22-8-9-23(13(3)24)12(2)11-22/h5-6,10,12H,4,7-9,11H2,1-3H3. The maximum absolute atomic E-state index is 15.2. The molecule has 4 nitrogen and oxygen atoms in total. The number of piperazine rings is 1. The molecule has 2 aliphatic heterocycles. The van der Waals surface area contributed by atoms with E-state index in [4.69, 9.17) is 0 Å². The van der Waals surface area contributed by atoms with E-state index in [1.165, 1.54) is 13.0 Å². The van der Waals surface area contributed by atoms with Crippen molar-refractivity contribution in [1.29, 1.82) is 0 Å². The van der Waals surface area contributed by atoms with E-state index in [9.17, 15) is 9.18 Å². The average molecular weight is 335 g/mol. The third-order valence-corrected chi connectivity index (χ3v) is 4.87. The minimum atomic E-state index is -0.544. The van der Waals surface area contributed by atoms with Crippen molar-refractivity contribution in [2.24, 2.45) is 0 Å². The van der Waals surface area contributed by atoms with Gasteiger partial charge in [0.1, 0.15) is 11.5 Å². The average Bonchev–Trinajstić information content (AvgIpc) is 2.53. The summed E-state index contributed by atoms with van der Waals surface area (Å²) in [5, 5.41) is 0. The topological polar surface area (TPSA) is 26.8 Å². The Morgan fingerprint density at radius 1 is 1.29 bits per heavy atom. The smallest absolute Gasteiger partial charge is 0.219 e. The van der Waals surface area contributed by atoms with Gasteiger partial charge in [0.05, 0.1) is 5.69 Å². The van der Waals surface area contributed by atoms with Crippen LogP contribution in [0.2, 0.25) is 0 Å². The number of anilines is 2. The second-order valence-electron chi connectivity index (χ2n) is 6.41. The van der Waals surface area contributed by atoms with Crippen LogP contribution in [0, 0.1) is 11.6 Å². The van der Waals surface area contributed by atoms with Crippen molar-refractivity contribution in [1.82, 2.24) is 4.90 Å². The normalized spacial score (nSPS) is 20.4. The van der Waals surface area contributed by atoms with Crippen molar-refractivity contribution in [3.63, 3.8) is 0 Å². The third-order valence-electron chi connectivity index (χ3n) is 4.87. The third kappa shape index (κ3) is 2.74. The Balaban J connectivity index is 1.98. The number of rotatable bonds is 2. The van der Waals surface area contributed by atoms with Gasteiger partial charge < -0.3 is 14.7 Å². The predicted molar refractivity (Wildman–Crippen MR) is 92.3 cm³/mol. The molecule has 1 atom stereocenters. The molecule has 1 fully saturated rings. The number of carbonyl (C=O) groups excluding carboxylic acids is 1. The second kappa shape index (κ2) is 6.42. The van der Waals surface area contributed by atoms with Gasteiger partial charge in [-0.1, -0.05) is 12.2 Å². The Labute approximate surface area is 141 Å². The van der Waals surface area contributed by atoms with E-state index in [0.29, 0.717) is 44.0 Å². The first-order valence-electron chi connectivity index (χ1n) is 8.39. The van der Waals surface area contributed by atoms with E-state index in [2.05, 4.69) is 0 Å². The van der Waals surface area contributed by atoms with Gasteiger partial charge in [0, 0.05) is 51.3 Å². The highest BCUT2D eigenvalue weighted by Crippen LogP contribution is 2.37. The Kier molecular flexibility index (Phi) is 4.47. The van der Waals surface area contributed by atoms with Crippen LogP contribution in [0.25, 0.3) is 6.08 Å². The molecule has 0 saturated carbocycles. The number of hydrogen-bond acceptors (Lipinski definition) is 3. The van der Waals surface area contributed by atoms with E-state index in [1.807, 2.05) is 24.8 Å². The highest BCUT2D eigenvalue weighted by Gasteiger charge is 2.31. The molecule has 24 heavy (non-hydrogen) atoms. The summed E-state index contributed by atoms with van der Waals surface area (Å²) in [5.74, 6) is -1.05. The molecule has 0 N–H and O–H groups in total. The Morgan fingerprint density at radius 2 is 2.04 bits per heavy atom. The van der Waals surface area contributed by atoms with Crippen LogP contribution >= 0.6 is 0 Å². The molecule has 2 aliphatic rings. The molecule has 6 heteroatoms. The number of benzene rings is 1. The van der Waals surface area contributed by atoms with Crippen molar-refractivity contribution < 1.29 is 13.6 Å². The van der Waals surface area contributed by atoms with E-state index in [0.717, 1.165) is 0 Å². The van der Waals surface area contributed by atoms with Gasteiger partial charge >= 0.3 is 0 Å². The lowest BCUT2D eigenvalue weighted by molar-refractivity contribution is -0.131. The minimum absolute atomic E-state index is 0.00386. The number of fused-ring (bicyclic) bond motifs is 1. The highest BCUT2D eigenvalue weighted by atomic mass is 19.1. The van der Waals surface area contributed by atoms with E-state index in [-0.39, 0.29) is 17.6 Å². The summed E-state index contributed by atoms with van der Waals surface area (Å²) in [6.45, 7) is 8.00. The van der Waals surface area contributed by atoms with E-state index >= 15 is 4.39 Å². The van der Waals surface area contributed by atoms with Crippen LogP contribution in [0.5, 0.6) is 0 Å². The fourth-order valence-corrected chi connectivity index (χ4v) is 3.67. The summed E-state index contributed by atoms with van der Waals surface area (Å²) in [7, 11) is 0. The molecule has 1 unspecified atom stereocenters. The first-order chi connectivity index (χ1) is 11.4. The minimum Gasteiger partial charge on any atom is -0.365 e. The monoisotopic (exact) mass is 335 g/mol. The lowest BCUT2D eigenvalue weighted by Gasteiger charge is -2.41. The molecule has 1 aromatic carbocycles. The predicted octanol–water partition coefficient (Wildman–Crippen LogP) is 2.87. The van der Waals surface area contributed by atoms with Gasteiger partial charge in [0.2, 0.25) is 5.91 Å². The quantitative estimate of drug-likeness (QED) is 0.831. The number of nitrogens with zero attached hydrogens (tertiary/aromatic N) is 3. The van der Waals surface area contributed by atoms with Crippen molar-refractivity contribution in [3.8, 4) is 0 Å². The van der Waals surface area contributed by atoms with Gasteiger partial charge in [-0.05, 0) is 19.9 Å². The van der Waals surface area contributed by atoms with Gasteiger partial charge in [-0.25, -0.2) is 8.78 Å². The largest absolute Gasteiger partial charge is 0.365 e. The molecule has 2 heterocycles. The summed E-state index contributed by atoms with van der Waals surface area (Å²) in [6.07, 6.45) is 3.69. The lowest BCUT2D eigenvalue weighted by Crippen LogP contribution is -2.54. The molecular formula is C18H23F2N3O. The van der Waals surface area contributed by atoms with Gasteiger partial charge in [0.15, 0.2) is 5.82 Å². The SMILES string of the molecule is CCN1CC=Cc2cc(F)c(N3CCN(C(C)=O)C(C)C3)c(F)c21. The summed E-state index contributed by atoms with van der Waals surface area (Å²) in [6, 6.07) is 1.34. The van der Waals surface area contributed by atoms with Crippen LogP contribution in [0.1, 0.15) is 26.3 Å². The Morgan fingerprint density at radius 3 is 2.67 bits per heavy atom. The molecule has 1 aromatic rings. The molecule has 0 spiro atoms. The van der Waals surface area contributed by atoms with Crippen LogP contribution in [-0.4, -0.2) is 49.6 Å². The maximum Gasteiger partial charge on any atom is 0.219 e. The summed E-state index contributed by atoms with van der Waals surface area (Å²) in [4.78, 5) is 17.0. The summed E-state index contributed by atoms with van der Waals surface area (Å²) < 4.78 is 29.8. The van der Waals surface area contributed by atoms with Crippen molar-refractivity contribution >= 4 is 23.4 Å². The number of halogens is 2. The Hall–Kier alpha value is -2.11. The number of amides is 1. The first-order valence-corrected chi connectivity index (χ1v) is 8.39. The van der Waals surface area contributed by atoms with Gasteiger partial charge in [-0.3, -0.25) is 4.79 Å². The highest BCUT2D eigenvalue weighted by molar-refractivity contribution is 5.77. The summed E-state index contributed by atoms with van der Waals surface area (Å²) in [5.41, 5.74) is 1.08. The van der Waals surface area contributed by atoms with E-state index in [1.54, 1.807) is 15.9 Å². The first kappa shape index (κ1) is 16.7. The molecule has 1 saturated heterocycles.